The Morgan fingerprint density at radius 2 is 2.10 bits per heavy atom. The van der Waals surface area contributed by atoms with Gasteiger partial charge in [-0.3, -0.25) is 15.0 Å². The first kappa shape index (κ1) is 15.4. The second-order valence-electron chi connectivity index (χ2n) is 5.68. The van der Waals surface area contributed by atoms with Crippen LogP contribution in [0.25, 0.3) is 0 Å². The van der Waals surface area contributed by atoms with E-state index in [2.05, 4.69) is 34.7 Å². The number of hydrogen-bond donors (Lipinski definition) is 0. The van der Waals surface area contributed by atoms with Crippen LogP contribution in [0.1, 0.15) is 38.7 Å². The highest BCUT2D eigenvalue weighted by atomic mass is 79.9. The smallest absolute Gasteiger partial charge is 0.283 e. The van der Waals surface area contributed by atoms with E-state index in [1.807, 2.05) is 6.07 Å². The van der Waals surface area contributed by atoms with E-state index in [9.17, 15) is 10.1 Å². The average Bonchev–Trinajstić information content (AvgIpc) is 2.85. The predicted molar refractivity (Wildman–Crippen MR) is 83.7 cm³/mol. The molecule has 1 fully saturated rings. The maximum Gasteiger partial charge on any atom is 0.283 e. The van der Waals surface area contributed by atoms with Gasteiger partial charge < -0.3 is 0 Å². The molecule has 0 radical (unpaired) electrons. The van der Waals surface area contributed by atoms with Gasteiger partial charge in [0.1, 0.15) is 0 Å². The van der Waals surface area contributed by atoms with Gasteiger partial charge in [0.05, 0.1) is 9.40 Å². The van der Waals surface area contributed by atoms with Crippen LogP contribution in [0, 0.1) is 15.5 Å². The maximum absolute atomic E-state index is 11.0. The molecule has 1 heterocycles. The molecule has 1 aromatic rings. The van der Waals surface area contributed by atoms with Crippen molar-refractivity contribution in [3.05, 3.63) is 38.3 Å². The Kier molecular flexibility index (Phi) is 4.81. The standard InChI is InChI=1S/C15H21BrN2O2/c1-3-15(4-2)8-9-17(11-15)10-12-6-5-7-13(14(12)16)18(19)20/h5-7H,3-4,8-11H2,1-2H3. The van der Waals surface area contributed by atoms with Crippen LogP contribution in [-0.2, 0) is 6.54 Å². The highest BCUT2D eigenvalue weighted by Gasteiger charge is 2.35. The maximum atomic E-state index is 11.0. The lowest BCUT2D eigenvalue weighted by Gasteiger charge is -2.26. The van der Waals surface area contributed by atoms with Gasteiger partial charge in [-0.2, -0.15) is 0 Å². The molecule has 110 valence electrons. The lowest BCUT2D eigenvalue weighted by molar-refractivity contribution is -0.385. The van der Waals surface area contributed by atoms with Crippen molar-refractivity contribution < 1.29 is 4.92 Å². The Morgan fingerprint density at radius 1 is 1.40 bits per heavy atom. The number of rotatable bonds is 5. The first-order valence-electron chi connectivity index (χ1n) is 7.15. The first-order valence-corrected chi connectivity index (χ1v) is 7.95. The number of nitrogens with zero attached hydrogens (tertiary/aromatic N) is 2. The zero-order valence-electron chi connectivity index (χ0n) is 12.1. The molecule has 0 bridgehead atoms. The van der Waals surface area contributed by atoms with Gasteiger partial charge in [0, 0.05) is 19.2 Å². The summed E-state index contributed by atoms with van der Waals surface area (Å²) in [5.41, 5.74) is 1.59. The molecule has 0 aliphatic carbocycles. The Bertz CT molecular complexity index is 501. The lowest BCUT2D eigenvalue weighted by Crippen LogP contribution is -2.26. The molecule has 1 aromatic carbocycles. The summed E-state index contributed by atoms with van der Waals surface area (Å²) in [5, 5.41) is 11.0. The van der Waals surface area contributed by atoms with Crippen molar-refractivity contribution in [3.8, 4) is 0 Å². The summed E-state index contributed by atoms with van der Waals surface area (Å²) in [6, 6.07) is 5.27. The number of halogens is 1. The molecule has 0 atom stereocenters. The zero-order chi connectivity index (χ0) is 14.8. The molecule has 0 amide bonds. The molecule has 0 aromatic heterocycles. The third-order valence-corrected chi connectivity index (χ3v) is 5.58. The number of benzene rings is 1. The van der Waals surface area contributed by atoms with Gasteiger partial charge in [0.15, 0.2) is 0 Å². The molecule has 0 saturated carbocycles. The number of nitro groups is 1. The summed E-state index contributed by atoms with van der Waals surface area (Å²) >= 11 is 3.38. The first-order chi connectivity index (χ1) is 9.51. The van der Waals surface area contributed by atoms with Crippen LogP contribution < -0.4 is 0 Å². The summed E-state index contributed by atoms with van der Waals surface area (Å²) < 4.78 is 0.621. The van der Waals surface area contributed by atoms with Crippen LogP contribution in [0.5, 0.6) is 0 Å². The van der Waals surface area contributed by atoms with Gasteiger partial charge in [-0.15, -0.1) is 0 Å². The lowest BCUT2D eigenvalue weighted by atomic mass is 9.82. The van der Waals surface area contributed by atoms with Gasteiger partial charge in [0.2, 0.25) is 0 Å². The van der Waals surface area contributed by atoms with E-state index in [1.54, 1.807) is 12.1 Å². The highest BCUT2D eigenvalue weighted by molar-refractivity contribution is 9.10. The van der Waals surface area contributed by atoms with Gasteiger partial charge in [-0.1, -0.05) is 26.0 Å². The Hall–Kier alpha value is -0.940. The fourth-order valence-electron chi connectivity index (χ4n) is 3.06. The molecule has 0 unspecified atom stereocenters. The van der Waals surface area contributed by atoms with Gasteiger partial charge >= 0.3 is 0 Å². The summed E-state index contributed by atoms with van der Waals surface area (Å²) in [4.78, 5) is 13.0. The van der Waals surface area contributed by atoms with E-state index in [0.29, 0.717) is 9.89 Å². The SMILES string of the molecule is CCC1(CC)CCN(Cc2cccc([N+](=O)[O-])c2Br)C1. The molecule has 1 saturated heterocycles. The van der Waals surface area contributed by atoms with Crippen molar-refractivity contribution >= 4 is 21.6 Å². The second-order valence-corrected chi connectivity index (χ2v) is 6.47. The van der Waals surface area contributed by atoms with Crippen molar-refractivity contribution in [2.45, 2.75) is 39.7 Å². The van der Waals surface area contributed by atoms with E-state index >= 15 is 0 Å². The van der Waals surface area contributed by atoms with Gasteiger partial charge in [0.25, 0.3) is 5.69 Å². The monoisotopic (exact) mass is 340 g/mol. The van der Waals surface area contributed by atoms with Crippen LogP contribution in [0.15, 0.2) is 22.7 Å². The Morgan fingerprint density at radius 3 is 2.65 bits per heavy atom. The third kappa shape index (κ3) is 3.04. The Labute approximate surface area is 128 Å². The van der Waals surface area contributed by atoms with Crippen LogP contribution in [0.3, 0.4) is 0 Å². The molecule has 0 spiro atoms. The minimum absolute atomic E-state index is 0.152. The topological polar surface area (TPSA) is 46.4 Å². The molecule has 0 N–H and O–H groups in total. The van der Waals surface area contributed by atoms with Crippen LogP contribution in [0.4, 0.5) is 5.69 Å². The molecule has 1 aliphatic rings. The summed E-state index contributed by atoms with van der Waals surface area (Å²) in [6.07, 6.45) is 3.64. The molecule has 4 nitrogen and oxygen atoms in total. The largest absolute Gasteiger partial charge is 0.298 e. The fraction of sp³-hybridized carbons (Fsp3) is 0.600. The summed E-state index contributed by atoms with van der Waals surface area (Å²) in [6.45, 7) is 7.47. The minimum Gasteiger partial charge on any atom is -0.298 e. The van der Waals surface area contributed by atoms with Crippen molar-refractivity contribution in [1.82, 2.24) is 4.90 Å². The quantitative estimate of drug-likeness (QED) is 0.590. The minimum atomic E-state index is -0.333. The van der Waals surface area contributed by atoms with Gasteiger partial charge in [-0.05, 0) is 52.7 Å². The zero-order valence-corrected chi connectivity index (χ0v) is 13.6. The van der Waals surface area contributed by atoms with Crippen LogP contribution in [-0.4, -0.2) is 22.9 Å². The summed E-state index contributed by atoms with van der Waals surface area (Å²) in [5.74, 6) is 0. The van der Waals surface area contributed by atoms with Crippen LogP contribution in [0.2, 0.25) is 0 Å². The van der Waals surface area contributed by atoms with Crippen molar-refractivity contribution in [2.75, 3.05) is 13.1 Å². The number of hydrogen-bond acceptors (Lipinski definition) is 3. The van der Waals surface area contributed by atoms with E-state index in [4.69, 9.17) is 0 Å². The fourth-order valence-corrected chi connectivity index (χ4v) is 3.59. The number of likely N-dealkylation sites (tertiary alicyclic amines) is 1. The molecule has 1 aliphatic heterocycles. The van der Waals surface area contributed by atoms with Crippen molar-refractivity contribution in [2.24, 2.45) is 5.41 Å². The van der Waals surface area contributed by atoms with E-state index < -0.39 is 0 Å². The molecular weight excluding hydrogens is 320 g/mol. The van der Waals surface area contributed by atoms with Gasteiger partial charge in [-0.25, -0.2) is 0 Å². The van der Waals surface area contributed by atoms with E-state index in [0.717, 1.165) is 25.2 Å². The Balaban J connectivity index is 2.12. The second kappa shape index (κ2) is 6.22. The molecule has 20 heavy (non-hydrogen) atoms. The third-order valence-electron chi connectivity index (χ3n) is 4.67. The van der Waals surface area contributed by atoms with E-state index in [1.165, 1.54) is 19.3 Å². The highest BCUT2D eigenvalue weighted by Crippen LogP contribution is 2.38. The van der Waals surface area contributed by atoms with Crippen molar-refractivity contribution in [3.63, 3.8) is 0 Å². The predicted octanol–water partition coefficient (Wildman–Crippen LogP) is 4.37. The van der Waals surface area contributed by atoms with E-state index in [-0.39, 0.29) is 10.6 Å². The molecule has 2 rings (SSSR count). The normalized spacial score (nSPS) is 18.4. The average molecular weight is 341 g/mol. The number of nitro benzene ring substituents is 1. The molecule has 5 heteroatoms. The van der Waals surface area contributed by atoms with Crippen LogP contribution >= 0.6 is 15.9 Å². The molecular formula is C15H21BrN2O2. The van der Waals surface area contributed by atoms with Crippen molar-refractivity contribution in [1.29, 1.82) is 0 Å². The summed E-state index contributed by atoms with van der Waals surface area (Å²) in [7, 11) is 0.